The highest BCUT2D eigenvalue weighted by molar-refractivity contribution is 5.42. The van der Waals surface area contributed by atoms with Gasteiger partial charge in [0.05, 0.1) is 18.1 Å². The Labute approximate surface area is 122 Å². The number of aryl methyl sites for hydroxylation is 1. The molecule has 0 bridgehead atoms. The minimum atomic E-state index is -0.415. The number of nitro benzene ring substituents is 1. The fraction of sp³-hybridized carbons (Fsp3) is 0.357. The second-order valence-electron chi connectivity index (χ2n) is 4.67. The van der Waals surface area contributed by atoms with Gasteiger partial charge in [-0.2, -0.15) is 5.10 Å². The summed E-state index contributed by atoms with van der Waals surface area (Å²) in [6, 6.07) is 6.74. The van der Waals surface area contributed by atoms with Crippen LogP contribution in [-0.4, -0.2) is 28.4 Å². The van der Waals surface area contributed by atoms with Crippen molar-refractivity contribution >= 4 is 5.69 Å². The lowest BCUT2D eigenvalue weighted by Crippen LogP contribution is -2.18. The third-order valence-electron chi connectivity index (χ3n) is 3.21. The molecule has 1 N–H and O–H groups in total. The molecule has 112 valence electrons. The zero-order chi connectivity index (χ0) is 15.2. The van der Waals surface area contributed by atoms with Crippen LogP contribution in [0.25, 0.3) is 0 Å². The van der Waals surface area contributed by atoms with Gasteiger partial charge in [-0.05, 0) is 17.7 Å². The minimum Gasteiger partial charge on any atom is -0.496 e. The molecule has 0 unspecified atom stereocenters. The van der Waals surface area contributed by atoms with Crippen molar-refractivity contribution in [1.82, 2.24) is 15.1 Å². The number of non-ortho nitro benzene ring substituents is 1. The molecule has 0 fully saturated rings. The Balaban J connectivity index is 1.92. The molecule has 0 radical (unpaired) electrons. The average Bonchev–Trinajstić information content (AvgIpc) is 2.88. The number of nitrogens with zero attached hydrogens (tertiary/aromatic N) is 3. The van der Waals surface area contributed by atoms with E-state index in [9.17, 15) is 10.1 Å². The molecule has 7 heteroatoms. The summed E-state index contributed by atoms with van der Waals surface area (Å²) in [5.74, 6) is 0.493. The molecular weight excluding hydrogens is 272 g/mol. The first-order valence-electron chi connectivity index (χ1n) is 6.60. The van der Waals surface area contributed by atoms with Gasteiger partial charge in [0.1, 0.15) is 5.75 Å². The lowest BCUT2D eigenvalue weighted by atomic mass is 10.2. The quantitative estimate of drug-likeness (QED) is 0.476. The van der Waals surface area contributed by atoms with Crippen molar-refractivity contribution in [2.45, 2.75) is 13.0 Å². The Kier molecular flexibility index (Phi) is 4.89. The highest BCUT2D eigenvalue weighted by Crippen LogP contribution is 2.22. The predicted molar refractivity (Wildman–Crippen MR) is 78.3 cm³/mol. The second kappa shape index (κ2) is 6.85. The number of aromatic nitrogens is 2. The Morgan fingerprint density at radius 2 is 2.24 bits per heavy atom. The third kappa shape index (κ3) is 4.03. The number of rotatable bonds is 7. The van der Waals surface area contributed by atoms with E-state index in [1.165, 1.54) is 13.2 Å². The summed E-state index contributed by atoms with van der Waals surface area (Å²) in [6.45, 7) is 1.32. The Morgan fingerprint density at radius 1 is 1.43 bits per heavy atom. The summed E-state index contributed by atoms with van der Waals surface area (Å²) >= 11 is 0. The van der Waals surface area contributed by atoms with Crippen LogP contribution >= 0.6 is 0 Å². The van der Waals surface area contributed by atoms with Gasteiger partial charge in [-0.1, -0.05) is 0 Å². The molecule has 7 nitrogen and oxygen atoms in total. The largest absolute Gasteiger partial charge is 0.496 e. The topological polar surface area (TPSA) is 82.2 Å². The van der Waals surface area contributed by atoms with Crippen molar-refractivity contribution in [2.75, 3.05) is 13.7 Å². The summed E-state index contributed by atoms with van der Waals surface area (Å²) in [7, 11) is 3.40. The normalized spacial score (nSPS) is 10.6. The Bertz CT molecular complexity index is 624. The zero-order valence-corrected chi connectivity index (χ0v) is 12.1. The fourth-order valence-electron chi connectivity index (χ4n) is 2.06. The van der Waals surface area contributed by atoms with Gasteiger partial charge >= 0.3 is 0 Å². The average molecular weight is 290 g/mol. The third-order valence-corrected chi connectivity index (χ3v) is 3.21. The summed E-state index contributed by atoms with van der Waals surface area (Å²) in [5.41, 5.74) is 2.00. The number of ether oxygens (including phenoxy) is 1. The van der Waals surface area contributed by atoms with Gasteiger partial charge in [0.15, 0.2) is 0 Å². The van der Waals surface area contributed by atoms with Crippen LogP contribution in [0.15, 0.2) is 30.5 Å². The van der Waals surface area contributed by atoms with Gasteiger partial charge in [-0.3, -0.25) is 14.8 Å². The van der Waals surface area contributed by atoms with Gasteiger partial charge in [0.25, 0.3) is 5.69 Å². The molecule has 0 aliphatic carbocycles. The van der Waals surface area contributed by atoms with E-state index in [0.29, 0.717) is 12.3 Å². The molecule has 0 spiro atoms. The van der Waals surface area contributed by atoms with E-state index in [2.05, 4.69) is 10.4 Å². The molecule has 0 aliphatic heterocycles. The molecule has 1 aromatic carbocycles. The van der Waals surface area contributed by atoms with Gasteiger partial charge in [0, 0.05) is 44.5 Å². The number of nitrogens with one attached hydrogen (secondary N) is 1. The molecule has 0 saturated carbocycles. The fourth-order valence-corrected chi connectivity index (χ4v) is 2.06. The number of nitro groups is 1. The number of benzene rings is 1. The van der Waals surface area contributed by atoms with Crippen molar-refractivity contribution in [3.8, 4) is 5.75 Å². The monoisotopic (exact) mass is 290 g/mol. The number of hydrogen-bond acceptors (Lipinski definition) is 5. The van der Waals surface area contributed by atoms with Gasteiger partial charge in [-0.15, -0.1) is 0 Å². The highest BCUT2D eigenvalue weighted by atomic mass is 16.6. The molecule has 1 heterocycles. The Hall–Kier alpha value is -2.41. The van der Waals surface area contributed by atoms with Gasteiger partial charge in [0.2, 0.25) is 0 Å². The van der Waals surface area contributed by atoms with E-state index in [1.54, 1.807) is 18.3 Å². The molecular formula is C14H18N4O3. The molecule has 21 heavy (non-hydrogen) atoms. The number of methoxy groups -OCH3 is 1. The minimum absolute atomic E-state index is 0.0396. The zero-order valence-electron chi connectivity index (χ0n) is 12.1. The maximum Gasteiger partial charge on any atom is 0.273 e. The molecule has 0 saturated heterocycles. The molecule has 0 aliphatic rings. The lowest BCUT2D eigenvalue weighted by molar-refractivity contribution is -0.385. The molecule has 0 atom stereocenters. The van der Waals surface area contributed by atoms with Crippen LogP contribution in [0.2, 0.25) is 0 Å². The van der Waals surface area contributed by atoms with E-state index >= 15 is 0 Å². The lowest BCUT2D eigenvalue weighted by Gasteiger charge is -2.07. The van der Waals surface area contributed by atoms with Crippen molar-refractivity contribution in [1.29, 1.82) is 0 Å². The summed E-state index contributed by atoms with van der Waals surface area (Å²) in [6.07, 6.45) is 2.61. The SMILES string of the molecule is COc1cc(CNCCc2ccnn2C)cc([N+](=O)[O-])c1. The van der Waals surface area contributed by atoms with Crippen LogP contribution in [0.3, 0.4) is 0 Å². The van der Waals surface area contributed by atoms with E-state index in [-0.39, 0.29) is 5.69 Å². The first-order valence-corrected chi connectivity index (χ1v) is 6.60. The van der Waals surface area contributed by atoms with Crippen molar-refractivity contribution in [3.05, 3.63) is 51.8 Å². The maximum atomic E-state index is 10.9. The van der Waals surface area contributed by atoms with E-state index in [4.69, 9.17) is 4.74 Å². The van der Waals surface area contributed by atoms with Crippen LogP contribution in [0.5, 0.6) is 5.75 Å². The molecule has 2 rings (SSSR count). The predicted octanol–water partition coefficient (Wildman–Crippen LogP) is 1.67. The van der Waals surface area contributed by atoms with E-state index in [1.807, 2.05) is 17.8 Å². The first-order chi connectivity index (χ1) is 10.1. The second-order valence-corrected chi connectivity index (χ2v) is 4.67. The molecule has 0 amide bonds. The van der Waals surface area contributed by atoms with Crippen LogP contribution in [0.1, 0.15) is 11.3 Å². The Morgan fingerprint density at radius 3 is 2.86 bits per heavy atom. The molecule has 1 aromatic heterocycles. The van der Waals surface area contributed by atoms with Crippen LogP contribution in [0, 0.1) is 10.1 Å². The van der Waals surface area contributed by atoms with Crippen molar-refractivity contribution < 1.29 is 9.66 Å². The van der Waals surface area contributed by atoms with E-state index < -0.39 is 4.92 Å². The van der Waals surface area contributed by atoms with Crippen molar-refractivity contribution in [2.24, 2.45) is 7.05 Å². The summed E-state index contributed by atoms with van der Waals surface area (Å²) in [4.78, 5) is 10.4. The van der Waals surface area contributed by atoms with Crippen LogP contribution in [0.4, 0.5) is 5.69 Å². The van der Waals surface area contributed by atoms with Crippen LogP contribution in [-0.2, 0) is 20.0 Å². The standard InChI is InChI=1S/C14H18N4O3/c1-17-12(4-6-16-17)3-5-15-10-11-7-13(18(19)20)9-14(8-11)21-2/h4,6-9,15H,3,5,10H2,1-2H3. The van der Waals surface area contributed by atoms with Crippen molar-refractivity contribution in [3.63, 3.8) is 0 Å². The van der Waals surface area contributed by atoms with E-state index in [0.717, 1.165) is 24.2 Å². The number of hydrogen-bond donors (Lipinski definition) is 1. The van der Waals surface area contributed by atoms with Gasteiger partial charge in [-0.25, -0.2) is 0 Å². The maximum absolute atomic E-state index is 10.9. The smallest absolute Gasteiger partial charge is 0.273 e. The first kappa shape index (κ1) is 15.0. The van der Waals surface area contributed by atoms with Crippen LogP contribution < -0.4 is 10.1 Å². The van der Waals surface area contributed by atoms with Gasteiger partial charge < -0.3 is 10.1 Å². The highest BCUT2D eigenvalue weighted by Gasteiger charge is 2.10. The molecule has 2 aromatic rings. The summed E-state index contributed by atoms with van der Waals surface area (Å²) < 4.78 is 6.91. The summed E-state index contributed by atoms with van der Waals surface area (Å²) in [5, 5.41) is 18.2.